The van der Waals surface area contributed by atoms with E-state index in [1.807, 2.05) is 23.1 Å². The van der Waals surface area contributed by atoms with Crippen molar-refractivity contribution in [3.63, 3.8) is 0 Å². The van der Waals surface area contributed by atoms with Gasteiger partial charge >= 0.3 is 0 Å². The van der Waals surface area contributed by atoms with Crippen molar-refractivity contribution in [3.8, 4) is 11.1 Å². The third kappa shape index (κ3) is 6.14. The average Bonchev–Trinajstić information content (AvgIpc) is 3.66. The highest BCUT2D eigenvalue weighted by Gasteiger charge is 2.49. The molecule has 1 saturated carbocycles. The number of nitrogens with one attached hydrogen (secondary N) is 1. The highest BCUT2D eigenvalue weighted by atomic mass is 32.2. The molecule has 1 amide bonds. The van der Waals surface area contributed by atoms with E-state index in [1.165, 1.54) is 6.07 Å². The maximum Gasteiger partial charge on any atom is 0.272 e. The van der Waals surface area contributed by atoms with Crippen LogP contribution in [0.15, 0.2) is 56.9 Å². The largest absolute Gasteiger partial charge is 0.359 e. The summed E-state index contributed by atoms with van der Waals surface area (Å²) in [7, 11) is -4.10. The normalized spacial score (nSPS) is 19.3. The first-order valence-electron chi connectivity index (χ1n) is 15.6. The summed E-state index contributed by atoms with van der Waals surface area (Å²) in [6.45, 7) is 5.30. The zero-order chi connectivity index (χ0) is 32.0. The molecule has 12 heteroatoms. The summed E-state index contributed by atoms with van der Waals surface area (Å²) in [5.41, 5.74) is 2.51. The molecule has 1 saturated heterocycles. The van der Waals surface area contributed by atoms with Crippen molar-refractivity contribution in [1.29, 1.82) is 0 Å². The van der Waals surface area contributed by atoms with E-state index in [1.54, 1.807) is 36.9 Å². The second kappa shape index (κ2) is 11.9. The highest BCUT2D eigenvalue weighted by molar-refractivity contribution is 7.92. The third-order valence-electron chi connectivity index (χ3n) is 9.15. The van der Waals surface area contributed by atoms with Gasteiger partial charge in [0.1, 0.15) is 17.1 Å². The molecular formula is C33H39F2N5O4S. The predicted molar refractivity (Wildman–Crippen MR) is 168 cm³/mol. The van der Waals surface area contributed by atoms with Crippen LogP contribution in [0.5, 0.6) is 0 Å². The van der Waals surface area contributed by atoms with Crippen molar-refractivity contribution in [2.24, 2.45) is 4.99 Å². The van der Waals surface area contributed by atoms with Crippen LogP contribution in [0, 0.1) is 13.8 Å². The molecule has 1 aromatic heterocycles. The zero-order valence-corrected chi connectivity index (χ0v) is 26.7. The summed E-state index contributed by atoms with van der Waals surface area (Å²) in [5, 5.41) is 3.85. The molecule has 2 fully saturated rings. The maximum absolute atomic E-state index is 13.9. The summed E-state index contributed by atoms with van der Waals surface area (Å²) < 4.78 is 62.7. The fourth-order valence-corrected chi connectivity index (χ4v) is 7.88. The van der Waals surface area contributed by atoms with Crippen LogP contribution in [0.4, 0.5) is 14.6 Å². The summed E-state index contributed by atoms with van der Waals surface area (Å²) >= 11 is 0. The number of amides is 1. The van der Waals surface area contributed by atoms with Crippen LogP contribution in [0.1, 0.15) is 74.3 Å². The summed E-state index contributed by atoms with van der Waals surface area (Å²) in [4.78, 5) is 22.2. The number of carbonyl (C=O) groups excluding carboxylic acids is 1. The molecule has 0 radical (unpaired) electrons. The molecule has 1 aliphatic carbocycles. The fraction of sp³-hybridized carbons (Fsp3) is 0.485. The van der Waals surface area contributed by atoms with Gasteiger partial charge in [0.15, 0.2) is 5.82 Å². The van der Waals surface area contributed by atoms with Gasteiger partial charge in [0, 0.05) is 24.1 Å². The number of alkyl halides is 2. The molecule has 240 valence electrons. The maximum atomic E-state index is 13.9. The smallest absolute Gasteiger partial charge is 0.272 e. The van der Waals surface area contributed by atoms with Gasteiger partial charge in [-0.15, -0.1) is 0 Å². The van der Waals surface area contributed by atoms with E-state index < -0.39 is 21.5 Å². The Hall–Kier alpha value is -3.64. The number of likely N-dealkylation sites (tertiary alicyclic amines) is 1. The standard InChI is InChI=1S/C33H39F2N5O4S/c1-4-5-12-29-36-32(15-8-9-16-32)31(41)40(29)18-24-13-14-26(25(17-24)19-39-20-33(34,35)21-39)27-10-6-7-11-28(27)45(42,43)38-30-22(2)23(3)44-37-30/h6-7,10-11,13-14,17H,4-5,8-9,12,15-16,18-21H2,1-3H3,(H,37,38). The van der Waals surface area contributed by atoms with E-state index >= 15 is 0 Å². The Labute approximate surface area is 262 Å². The van der Waals surface area contributed by atoms with Crippen LogP contribution in [0.2, 0.25) is 0 Å². The number of unbranched alkanes of at least 4 members (excludes halogenated alkanes) is 1. The van der Waals surface area contributed by atoms with Gasteiger partial charge in [-0.1, -0.05) is 67.7 Å². The summed E-state index contributed by atoms with van der Waals surface area (Å²) in [5.74, 6) is -1.28. The Bertz CT molecular complexity index is 1740. The van der Waals surface area contributed by atoms with Gasteiger partial charge in [-0.05, 0) is 55.9 Å². The first-order chi connectivity index (χ1) is 21.4. The average molecular weight is 640 g/mol. The third-order valence-corrected chi connectivity index (χ3v) is 10.5. The lowest BCUT2D eigenvalue weighted by Crippen LogP contribution is -2.55. The number of sulfonamides is 1. The highest BCUT2D eigenvalue weighted by Crippen LogP contribution is 2.41. The van der Waals surface area contributed by atoms with Gasteiger partial charge in [-0.2, -0.15) is 0 Å². The Morgan fingerprint density at radius 1 is 1.02 bits per heavy atom. The molecule has 0 bridgehead atoms. The molecule has 1 spiro atoms. The second-order valence-electron chi connectivity index (χ2n) is 12.6. The number of halogens is 2. The van der Waals surface area contributed by atoms with E-state index in [-0.39, 0.29) is 36.3 Å². The lowest BCUT2D eigenvalue weighted by molar-refractivity contribution is -0.134. The molecule has 2 aliphatic heterocycles. The lowest BCUT2D eigenvalue weighted by atomic mass is 9.95. The van der Waals surface area contributed by atoms with Crippen molar-refractivity contribution in [2.75, 3.05) is 17.8 Å². The molecule has 6 rings (SSSR count). The minimum absolute atomic E-state index is 0.0277. The molecule has 0 atom stereocenters. The number of amidine groups is 1. The Morgan fingerprint density at radius 3 is 2.42 bits per heavy atom. The van der Waals surface area contributed by atoms with E-state index in [9.17, 15) is 22.0 Å². The van der Waals surface area contributed by atoms with E-state index in [0.717, 1.165) is 56.3 Å². The molecule has 3 aliphatic rings. The second-order valence-corrected chi connectivity index (χ2v) is 14.2. The van der Waals surface area contributed by atoms with Gasteiger partial charge < -0.3 is 4.52 Å². The molecule has 3 aromatic rings. The van der Waals surface area contributed by atoms with Crippen molar-refractivity contribution in [3.05, 3.63) is 64.9 Å². The van der Waals surface area contributed by atoms with Crippen LogP contribution >= 0.6 is 0 Å². The molecule has 0 unspecified atom stereocenters. The number of rotatable bonds is 11. The van der Waals surface area contributed by atoms with Crippen LogP contribution in [-0.2, 0) is 27.9 Å². The molecule has 3 heterocycles. The van der Waals surface area contributed by atoms with Gasteiger partial charge in [-0.25, -0.2) is 17.2 Å². The molecule has 2 aromatic carbocycles. The van der Waals surface area contributed by atoms with Crippen molar-refractivity contribution >= 4 is 27.6 Å². The SMILES string of the molecule is CCCCC1=NC2(CCCC2)C(=O)N1Cc1ccc(-c2ccccc2S(=O)(=O)Nc2noc(C)c2C)c(CN2CC(F)(F)C2)c1. The van der Waals surface area contributed by atoms with Crippen molar-refractivity contribution in [2.45, 2.75) is 95.2 Å². The fourth-order valence-electron chi connectivity index (χ4n) is 6.60. The first-order valence-corrected chi connectivity index (χ1v) is 17.1. The Kier molecular flexibility index (Phi) is 8.32. The minimum atomic E-state index is -4.10. The van der Waals surface area contributed by atoms with Crippen LogP contribution in [0.25, 0.3) is 11.1 Å². The first kappa shape index (κ1) is 31.3. The topological polar surface area (TPSA) is 108 Å². The van der Waals surface area contributed by atoms with Crippen LogP contribution < -0.4 is 4.72 Å². The van der Waals surface area contributed by atoms with Gasteiger partial charge in [-0.3, -0.25) is 24.3 Å². The lowest BCUT2D eigenvalue weighted by Gasteiger charge is -2.39. The quantitative estimate of drug-likeness (QED) is 0.258. The van der Waals surface area contributed by atoms with Crippen LogP contribution in [0.3, 0.4) is 0 Å². The number of nitrogens with zero attached hydrogens (tertiary/aromatic N) is 4. The number of anilines is 1. The number of aryl methyl sites for hydroxylation is 1. The molecule has 1 N–H and O–H groups in total. The Balaban J connectivity index is 1.35. The molecule has 9 nitrogen and oxygen atoms in total. The number of carbonyl (C=O) groups is 1. The van der Waals surface area contributed by atoms with Gasteiger partial charge in [0.25, 0.3) is 21.9 Å². The predicted octanol–water partition coefficient (Wildman–Crippen LogP) is 6.45. The molecule has 45 heavy (non-hydrogen) atoms. The van der Waals surface area contributed by atoms with E-state index in [2.05, 4.69) is 16.8 Å². The van der Waals surface area contributed by atoms with Gasteiger partial charge in [0.05, 0.1) is 24.5 Å². The number of hydrogen-bond acceptors (Lipinski definition) is 7. The number of benzene rings is 2. The number of aromatic nitrogens is 1. The monoisotopic (exact) mass is 639 g/mol. The van der Waals surface area contributed by atoms with Crippen molar-refractivity contribution in [1.82, 2.24) is 15.0 Å². The van der Waals surface area contributed by atoms with E-state index in [0.29, 0.717) is 34.6 Å². The number of hydrogen-bond donors (Lipinski definition) is 1. The van der Waals surface area contributed by atoms with Gasteiger partial charge in [0.2, 0.25) is 0 Å². The van der Waals surface area contributed by atoms with Crippen molar-refractivity contribution < 1.29 is 26.5 Å². The molecular weight excluding hydrogens is 600 g/mol. The number of aliphatic imine (C=N–C) groups is 1. The summed E-state index contributed by atoms with van der Waals surface area (Å²) in [6, 6.07) is 12.2. The Morgan fingerprint density at radius 2 is 1.76 bits per heavy atom. The minimum Gasteiger partial charge on any atom is -0.359 e. The van der Waals surface area contributed by atoms with E-state index in [4.69, 9.17) is 9.52 Å². The summed E-state index contributed by atoms with van der Waals surface area (Å²) in [6.07, 6.45) is 6.13. The zero-order valence-electron chi connectivity index (χ0n) is 25.9. The van der Waals surface area contributed by atoms with Crippen LogP contribution in [-0.4, -0.2) is 59.7 Å².